The van der Waals surface area contributed by atoms with E-state index in [9.17, 15) is 4.79 Å². The van der Waals surface area contributed by atoms with Crippen LogP contribution in [0.2, 0.25) is 0 Å². The van der Waals surface area contributed by atoms with E-state index in [1.54, 1.807) is 0 Å². The fraction of sp³-hybridized carbons (Fsp3) is 0.938. The Morgan fingerprint density at radius 2 is 1.89 bits per heavy atom. The molecule has 0 aromatic rings. The number of halogens is 1. The number of nitrogens with zero attached hydrogens (tertiary/aromatic N) is 1. The number of hydrogen-bond donors (Lipinski definition) is 0. The summed E-state index contributed by atoms with van der Waals surface area (Å²) in [7, 11) is 0. The van der Waals surface area contributed by atoms with Gasteiger partial charge in [0, 0.05) is 24.9 Å². The summed E-state index contributed by atoms with van der Waals surface area (Å²) in [5, 5.41) is 0. The monoisotopic (exact) mass is 283 g/mol. The predicted molar refractivity (Wildman–Crippen MR) is 78.2 cm³/mol. The summed E-state index contributed by atoms with van der Waals surface area (Å²) in [4.78, 5) is 14.7. The van der Waals surface area contributed by atoms with Crippen molar-refractivity contribution in [2.45, 2.75) is 63.8 Å². The van der Waals surface area contributed by atoms with E-state index in [-0.39, 0.29) is 0 Å². The zero-order valence-electron chi connectivity index (χ0n) is 11.8. The van der Waals surface area contributed by atoms with Crippen molar-refractivity contribution in [2.75, 3.05) is 12.4 Å². The fourth-order valence-corrected chi connectivity index (χ4v) is 4.97. The van der Waals surface area contributed by atoms with Crippen molar-refractivity contribution in [3.63, 3.8) is 0 Å². The number of carbonyl (C=O) groups is 1. The van der Waals surface area contributed by atoms with E-state index in [2.05, 4.69) is 4.90 Å². The van der Waals surface area contributed by atoms with Crippen LogP contribution in [0.25, 0.3) is 0 Å². The van der Waals surface area contributed by atoms with Gasteiger partial charge in [-0.25, -0.2) is 0 Å². The van der Waals surface area contributed by atoms with E-state index in [4.69, 9.17) is 11.6 Å². The second-order valence-electron chi connectivity index (χ2n) is 6.85. The molecule has 3 fully saturated rings. The first kappa shape index (κ1) is 13.7. The number of rotatable bonds is 5. The van der Waals surface area contributed by atoms with Gasteiger partial charge in [-0.1, -0.05) is 19.3 Å². The van der Waals surface area contributed by atoms with Gasteiger partial charge >= 0.3 is 0 Å². The minimum absolute atomic E-state index is 0.394. The summed E-state index contributed by atoms with van der Waals surface area (Å²) in [5.41, 5.74) is 0. The van der Waals surface area contributed by atoms with Gasteiger partial charge in [0.05, 0.1) is 0 Å². The topological polar surface area (TPSA) is 20.3 Å². The maximum Gasteiger partial charge on any atom is 0.223 e. The van der Waals surface area contributed by atoms with Gasteiger partial charge in [-0.2, -0.15) is 0 Å². The van der Waals surface area contributed by atoms with E-state index in [1.165, 1.54) is 51.4 Å². The third-order valence-electron chi connectivity index (χ3n) is 5.73. The number of hydrogen-bond acceptors (Lipinski definition) is 1. The van der Waals surface area contributed by atoms with Crippen LogP contribution in [0.4, 0.5) is 0 Å². The van der Waals surface area contributed by atoms with E-state index in [0.717, 1.165) is 24.8 Å². The van der Waals surface area contributed by atoms with Crippen molar-refractivity contribution in [1.82, 2.24) is 4.90 Å². The Bertz CT molecular complexity index is 327. The SMILES string of the molecule is O=C(CC1CC2CCC1C2)N(CCCl)C1CCCC1. The summed E-state index contributed by atoms with van der Waals surface area (Å²) in [6.07, 6.45) is 11.3. The van der Waals surface area contributed by atoms with Crippen LogP contribution in [0.1, 0.15) is 57.8 Å². The van der Waals surface area contributed by atoms with E-state index in [0.29, 0.717) is 23.7 Å². The molecule has 108 valence electrons. The highest BCUT2D eigenvalue weighted by atomic mass is 35.5. The van der Waals surface area contributed by atoms with Crippen LogP contribution in [0.5, 0.6) is 0 Å². The van der Waals surface area contributed by atoms with Gasteiger partial charge < -0.3 is 4.90 Å². The third kappa shape index (κ3) is 2.94. The predicted octanol–water partition coefficient (Wildman–Crippen LogP) is 3.82. The molecular formula is C16H26ClNO. The van der Waals surface area contributed by atoms with Crippen molar-refractivity contribution in [2.24, 2.45) is 17.8 Å². The van der Waals surface area contributed by atoms with Crippen molar-refractivity contribution < 1.29 is 4.79 Å². The van der Waals surface area contributed by atoms with Crippen LogP contribution in [0, 0.1) is 17.8 Å². The molecule has 0 N–H and O–H groups in total. The molecule has 3 unspecified atom stereocenters. The molecule has 3 aliphatic rings. The normalized spacial score (nSPS) is 34.1. The van der Waals surface area contributed by atoms with E-state index < -0.39 is 0 Å². The second-order valence-corrected chi connectivity index (χ2v) is 7.23. The molecule has 0 aromatic carbocycles. The number of amides is 1. The summed E-state index contributed by atoms with van der Waals surface area (Å²) < 4.78 is 0. The molecule has 1 amide bonds. The Morgan fingerprint density at radius 1 is 1.11 bits per heavy atom. The summed E-state index contributed by atoms with van der Waals surface area (Å²) >= 11 is 5.90. The third-order valence-corrected chi connectivity index (χ3v) is 5.90. The Hall–Kier alpha value is -0.240. The van der Waals surface area contributed by atoms with Gasteiger partial charge in [-0.3, -0.25) is 4.79 Å². The molecule has 3 heteroatoms. The molecule has 3 aliphatic carbocycles. The van der Waals surface area contributed by atoms with Crippen LogP contribution < -0.4 is 0 Å². The molecule has 3 atom stereocenters. The Kier molecular flexibility index (Phi) is 4.36. The molecular weight excluding hydrogens is 258 g/mol. The molecule has 0 radical (unpaired) electrons. The summed E-state index contributed by atoms with van der Waals surface area (Å²) in [6, 6.07) is 0.491. The van der Waals surface area contributed by atoms with Crippen molar-refractivity contribution in [3.05, 3.63) is 0 Å². The quantitative estimate of drug-likeness (QED) is 0.703. The Morgan fingerprint density at radius 3 is 2.47 bits per heavy atom. The molecule has 3 saturated carbocycles. The lowest BCUT2D eigenvalue weighted by atomic mass is 9.86. The smallest absolute Gasteiger partial charge is 0.223 e. The van der Waals surface area contributed by atoms with Gasteiger partial charge in [-0.15, -0.1) is 11.6 Å². The zero-order valence-corrected chi connectivity index (χ0v) is 12.6. The maximum atomic E-state index is 12.6. The highest BCUT2D eigenvalue weighted by Crippen LogP contribution is 2.49. The van der Waals surface area contributed by atoms with Gasteiger partial charge in [0.2, 0.25) is 5.91 Å². The Balaban J connectivity index is 1.57. The van der Waals surface area contributed by atoms with Gasteiger partial charge in [0.15, 0.2) is 0 Å². The van der Waals surface area contributed by atoms with Gasteiger partial charge in [0.1, 0.15) is 0 Å². The minimum atomic E-state index is 0.394. The highest BCUT2D eigenvalue weighted by molar-refractivity contribution is 6.18. The first-order valence-corrected chi connectivity index (χ1v) is 8.67. The molecule has 0 heterocycles. The first-order chi connectivity index (χ1) is 9.28. The first-order valence-electron chi connectivity index (χ1n) is 8.13. The van der Waals surface area contributed by atoms with Crippen molar-refractivity contribution in [3.8, 4) is 0 Å². The minimum Gasteiger partial charge on any atom is -0.339 e. The van der Waals surface area contributed by atoms with Crippen molar-refractivity contribution in [1.29, 1.82) is 0 Å². The molecule has 0 aliphatic heterocycles. The van der Waals surface area contributed by atoms with Crippen LogP contribution in [0.15, 0.2) is 0 Å². The van der Waals surface area contributed by atoms with Crippen LogP contribution in [-0.4, -0.2) is 29.3 Å². The summed E-state index contributed by atoms with van der Waals surface area (Å²) in [6.45, 7) is 0.756. The van der Waals surface area contributed by atoms with Crippen LogP contribution in [-0.2, 0) is 4.79 Å². The number of alkyl halides is 1. The summed E-state index contributed by atoms with van der Waals surface area (Å²) in [5.74, 6) is 3.46. The molecule has 3 rings (SSSR count). The maximum absolute atomic E-state index is 12.6. The standard InChI is InChI=1S/C16H26ClNO/c17-7-8-18(15-3-1-2-4-15)16(19)11-14-10-12-5-6-13(14)9-12/h12-15H,1-11H2. The Labute approximate surface area is 121 Å². The average molecular weight is 284 g/mol. The number of fused-ring (bicyclic) bond motifs is 2. The molecule has 0 spiro atoms. The van der Waals surface area contributed by atoms with Crippen molar-refractivity contribution >= 4 is 17.5 Å². The molecule has 2 nitrogen and oxygen atoms in total. The highest BCUT2D eigenvalue weighted by Gasteiger charge is 2.41. The lowest BCUT2D eigenvalue weighted by Gasteiger charge is -2.31. The number of carbonyl (C=O) groups excluding carboxylic acids is 1. The lowest BCUT2D eigenvalue weighted by molar-refractivity contribution is -0.134. The molecule has 2 bridgehead atoms. The van der Waals surface area contributed by atoms with E-state index >= 15 is 0 Å². The molecule has 19 heavy (non-hydrogen) atoms. The van der Waals surface area contributed by atoms with E-state index in [1.807, 2.05) is 0 Å². The van der Waals surface area contributed by atoms with Gasteiger partial charge in [0.25, 0.3) is 0 Å². The fourth-order valence-electron chi connectivity index (χ4n) is 4.79. The molecule has 0 aromatic heterocycles. The molecule has 0 saturated heterocycles. The lowest BCUT2D eigenvalue weighted by Crippen LogP contribution is -2.41. The largest absolute Gasteiger partial charge is 0.339 e. The van der Waals surface area contributed by atoms with Crippen LogP contribution >= 0.6 is 11.6 Å². The average Bonchev–Trinajstić information content (AvgIpc) is 3.12. The zero-order chi connectivity index (χ0) is 13.2. The van der Waals surface area contributed by atoms with Crippen LogP contribution in [0.3, 0.4) is 0 Å². The van der Waals surface area contributed by atoms with Gasteiger partial charge in [-0.05, 0) is 49.9 Å². The second kappa shape index (κ2) is 6.03.